The van der Waals surface area contributed by atoms with Crippen LogP contribution in [0.1, 0.15) is 29.7 Å². The highest BCUT2D eigenvalue weighted by molar-refractivity contribution is 9.10. The number of nitrogens with zero attached hydrogens (tertiary/aromatic N) is 1. The molecule has 158 valence electrons. The predicted molar refractivity (Wildman–Crippen MR) is 124 cm³/mol. The Labute approximate surface area is 189 Å². The van der Waals surface area contributed by atoms with E-state index in [1.807, 2.05) is 26.0 Å². The van der Waals surface area contributed by atoms with E-state index in [0.29, 0.717) is 18.7 Å². The maximum absolute atomic E-state index is 12.6. The Bertz CT molecular complexity index is 952. The van der Waals surface area contributed by atoms with Crippen molar-refractivity contribution in [2.24, 2.45) is 0 Å². The van der Waals surface area contributed by atoms with Crippen LogP contribution >= 0.6 is 28.1 Å². The van der Waals surface area contributed by atoms with Crippen molar-refractivity contribution in [3.63, 3.8) is 0 Å². The highest BCUT2D eigenvalue weighted by Gasteiger charge is 2.33. The monoisotopic (exact) mass is 490 g/mol. The van der Waals surface area contributed by atoms with Crippen LogP contribution in [-0.2, 0) is 9.59 Å². The molecular weight excluding hydrogens is 468 g/mol. The lowest BCUT2D eigenvalue weighted by Crippen LogP contribution is -2.52. The van der Waals surface area contributed by atoms with Crippen molar-refractivity contribution in [1.82, 2.24) is 15.8 Å². The van der Waals surface area contributed by atoms with Gasteiger partial charge in [-0.1, -0.05) is 15.9 Å². The molecule has 2 aromatic rings. The lowest BCUT2D eigenvalue weighted by Gasteiger charge is -2.23. The smallest absolute Gasteiger partial charge is 0.261 e. The first-order valence-corrected chi connectivity index (χ1v) is 10.7. The summed E-state index contributed by atoms with van der Waals surface area (Å²) >= 11 is 8.76. The Balaban J connectivity index is 1.54. The molecule has 0 aliphatic carbocycles. The van der Waals surface area contributed by atoms with Crippen LogP contribution in [0.4, 0.5) is 5.69 Å². The molecule has 7 nitrogen and oxygen atoms in total. The van der Waals surface area contributed by atoms with Crippen LogP contribution in [0.25, 0.3) is 6.08 Å². The molecule has 2 amide bonds. The number of benzene rings is 1. The van der Waals surface area contributed by atoms with Crippen LogP contribution in [0.3, 0.4) is 0 Å². The number of hydrazine groups is 1. The van der Waals surface area contributed by atoms with Crippen molar-refractivity contribution < 1.29 is 14.0 Å². The largest absolute Gasteiger partial charge is 0.465 e. The molecule has 2 heterocycles. The van der Waals surface area contributed by atoms with Gasteiger partial charge in [-0.3, -0.25) is 20.4 Å². The number of thiocarbonyl (C=S) groups is 1. The molecule has 1 aliphatic rings. The van der Waals surface area contributed by atoms with E-state index >= 15 is 0 Å². The summed E-state index contributed by atoms with van der Waals surface area (Å²) in [5.41, 5.74) is 8.26. The molecule has 0 radical (unpaired) electrons. The van der Waals surface area contributed by atoms with E-state index < -0.39 is 6.04 Å². The molecule has 0 spiro atoms. The molecule has 9 heteroatoms. The third-order valence-electron chi connectivity index (χ3n) is 4.81. The lowest BCUT2D eigenvalue weighted by atomic mass is 10.1. The Kier molecular flexibility index (Phi) is 7.28. The number of halogens is 1. The van der Waals surface area contributed by atoms with Crippen molar-refractivity contribution in [1.29, 1.82) is 0 Å². The minimum absolute atomic E-state index is 0.231. The molecule has 1 fully saturated rings. The molecular formula is C21H23BrN4O3S. The van der Waals surface area contributed by atoms with E-state index in [2.05, 4.69) is 32.1 Å². The van der Waals surface area contributed by atoms with Gasteiger partial charge in [0, 0.05) is 22.8 Å². The number of carbonyl (C=O) groups excluding carboxylic acids is 2. The molecule has 0 saturated carbocycles. The second-order valence-corrected chi connectivity index (χ2v) is 8.35. The first-order valence-electron chi connectivity index (χ1n) is 9.51. The summed E-state index contributed by atoms with van der Waals surface area (Å²) < 4.78 is 6.18. The number of furan rings is 1. The lowest BCUT2D eigenvalue weighted by molar-refractivity contribution is -0.135. The third kappa shape index (κ3) is 5.48. The summed E-state index contributed by atoms with van der Waals surface area (Å²) in [6, 6.07) is 6.91. The number of carbonyl (C=O) groups is 2. The number of aryl methyl sites for hydroxylation is 2. The van der Waals surface area contributed by atoms with Gasteiger partial charge in [-0.05, 0) is 80.4 Å². The van der Waals surface area contributed by atoms with E-state index in [1.54, 1.807) is 23.1 Å². The summed E-state index contributed by atoms with van der Waals surface area (Å²) in [6.07, 6.45) is 5.91. The zero-order valence-corrected chi connectivity index (χ0v) is 19.1. The topological polar surface area (TPSA) is 86.6 Å². The number of anilines is 1. The van der Waals surface area contributed by atoms with Gasteiger partial charge in [0.2, 0.25) is 5.91 Å². The van der Waals surface area contributed by atoms with Crippen molar-refractivity contribution in [3.05, 3.63) is 58.0 Å². The molecule has 0 unspecified atom stereocenters. The molecule has 1 saturated heterocycles. The SMILES string of the molecule is Cc1cc(Br)cc(C)c1NC(=S)NNC(=O)[C@@H]1CCCN1C(=O)/C=C/c1ccco1. The minimum Gasteiger partial charge on any atom is -0.465 e. The van der Waals surface area contributed by atoms with E-state index in [1.165, 1.54) is 12.3 Å². The fraction of sp³-hybridized carbons (Fsp3) is 0.286. The van der Waals surface area contributed by atoms with Gasteiger partial charge in [0.25, 0.3) is 5.91 Å². The second-order valence-electron chi connectivity index (χ2n) is 7.02. The summed E-state index contributed by atoms with van der Waals surface area (Å²) in [4.78, 5) is 26.7. The Hall–Kier alpha value is -2.65. The second kappa shape index (κ2) is 9.90. The van der Waals surface area contributed by atoms with Gasteiger partial charge in [-0.15, -0.1) is 0 Å². The highest BCUT2D eigenvalue weighted by Crippen LogP contribution is 2.25. The molecule has 1 aromatic heterocycles. The Morgan fingerprint density at radius 1 is 1.27 bits per heavy atom. The molecule has 30 heavy (non-hydrogen) atoms. The van der Waals surface area contributed by atoms with E-state index in [0.717, 1.165) is 27.7 Å². The fourth-order valence-electron chi connectivity index (χ4n) is 3.39. The van der Waals surface area contributed by atoms with Crippen molar-refractivity contribution in [2.45, 2.75) is 32.7 Å². The van der Waals surface area contributed by atoms with Gasteiger partial charge in [0.05, 0.1) is 6.26 Å². The number of rotatable bonds is 4. The zero-order chi connectivity index (χ0) is 21.7. The van der Waals surface area contributed by atoms with Gasteiger partial charge in [-0.25, -0.2) is 0 Å². The average molecular weight is 491 g/mol. The maximum atomic E-state index is 12.6. The van der Waals surface area contributed by atoms with Crippen LogP contribution in [0.2, 0.25) is 0 Å². The number of hydrogen-bond donors (Lipinski definition) is 3. The predicted octanol–water partition coefficient (Wildman–Crippen LogP) is 3.68. The van der Waals surface area contributed by atoms with Gasteiger partial charge in [-0.2, -0.15) is 0 Å². The Morgan fingerprint density at radius 3 is 2.67 bits per heavy atom. The van der Waals surface area contributed by atoms with E-state index in [-0.39, 0.29) is 16.9 Å². The molecule has 1 atom stereocenters. The number of likely N-dealkylation sites (tertiary alicyclic amines) is 1. The number of amides is 2. The fourth-order valence-corrected chi connectivity index (χ4v) is 4.23. The minimum atomic E-state index is -0.551. The van der Waals surface area contributed by atoms with Gasteiger partial charge < -0.3 is 14.6 Å². The van der Waals surface area contributed by atoms with Crippen molar-refractivity contribution in [3.8, 4) is 0 Å². The first kappa shape index (κ1) is 22.0. The summed E-state index contributed by atoms with van der Waals surface area (Å²) in [5.74, 6) is 0.0479. The standard InChI is InChI=1S/C21H23BrN4O3S/c1-13-11-15(22)12-14(2)19(13)23-21(30)25-24-20(28)17-6-3-9-26(17)18(27)8-7-16-5-4-10-29-16/h4-5,7-8,10-12,17H,3,6,9H2,1-2H3,(H,24,28)(H2,23,25,30)/b8-7+/t17-/m0/s1. The van der Waals surface area contributed by atoms with E-state index in [4.69, 9.17) is 16.6 Å². The van der Waals surface area contributed by atoms with Gasteiger partial charge >= 0.3 is 0 Å². The quantitative estimate of drug-likeness (QED) is 0.344. The number of hydrogen-bond acceptors (Lipinski definition) is 4. The summed E-state index contributed by atoms with van der Waals surface area (Å²) in [6.45, 7) is 4.47. The van der Waals surface area contributed by atoms with Crippen LogP contribution in [0.5, 0.6) is 0 Å². The van der Waals surface area contributed by atoms with Crippen LogP contribution in [0, 0.1) is 13.8 Å². The van der Waals surface area contributed by atoms with E-state index in [9.17, 15) is 9.59 Å². The summed E-state index contributed by atoms with van der Waals surface area (Å²) in [7, 11) is 0. The molecule has 3 N–H and O–H groups in total. The zero-order valence-electron chi connectivity index (χ0n) is 16.7. The maximum Gasteiger partial charge on any atom is 0.261 e. The average Bonchev–Trinajstić information content (AvgIpc) is 3.39. The molecule has 3 rings (SSSR count). The highest BCUT2D eigenvalue weighted by atomic mass is 79.9. The van der Waals surface area contributed by atoms with Crippen molar-refractivity contribution in [2.75, 3.05) is 11.9 Å². The first-order chi connectivity index (χ1) is 14.3. The third-order valence-corrected chi connectivity index (χ3v) is 5.47. The van der Waals surface area contributed by atoms with Gasteiger partial charge in [0.15, 0.2) is 5.11 Å². The van der Waals surface area contributed by atoms with Crippen LogP contribution < -0.4 is 16.2 Å². The molecule has 1 aliphatic heterocycles. The molecule has 0 bridgehead atoms. The van der Waals surface area contributed by atoms with Gasteiger partial charge in [0.1, 0.15) is 11.8 Å². The molecule has 1 aromatic carbocycles. The van der Waals surface area contributed by atoms with Crippen molar-refractivity contribution >= 4 is 56.8 Å². The van der Waals surface area contributed by atoms with Crippen LogP contribution in [0.15, 0.2) is 45.5 Å². The number of nitrogens with one attached hydrogen (secondary N) is 3. The Morgan fingerprint density at radius 2 is 2.00 bits per heavy atom. The van der Waals surface area contributed by atoms with Crippen LogP contribution in [-0.4, -0.2) is 34.4 Å². The summed E-state index contributed by atoms with van der Waals surface area (Å²) in [5, 5.41) is 3.37. The normalized spacial score (nSPS) is 16.0.